The van der Waals surface area contributed by atoms with E-state index in [4.69, 9.17) is 0 Å². The molecule has 0 fully saturated rings. The van der Waals surface area contributed by atoms with Crippen LogP contribution in [0.5, 0.6) is 0 Å². The molecule has 0 aliphatic carbocycles. The minimum atomic E-state index is -4.38. The summed E-state index contributed by atoms with van der Waals surface area (Å²) in [7, 11) is 0. The normalized spacial score (nSPS) is 11.6. The summed E-state index contributed by atoms with van der Waals surface area (Å²) in [6.45, 7) is 5.67. The lowest BCUT2D eigenvalue weighted by molar-refractivity contribution is -0.137. The third-order valence-corrected chi connectivity index (χ3v) is 4.54. The van der Waals surface area contributed by atoms with Crippen molar-refractivity contribution in [3.63, 3.8) is 0 Å². The van der Waals surface area contributed by atoms with Crippen molar-refractivity contribution in [1.82, 2.24) is 25.1 Å². The molecule has 0 unspecified atom stereocenters. The fourth-order valence-corrected chi connectivity index (χ4v) is 2.98. The Labute approximate surface area is 165 Å². The molecule has 0 saturated carbocycles. The Hall–Kier alpha value is -3.17. The molecule has 7 nitrogen and oxygen atoms in total. The lowest BCUT2D eigenvalue weighted by Gasteiger charge is -2.19. The summed E-state index contributed by atoms with van der Waals surface area (Å²) in [6.07, 6.45) is -1.31. The molecule has 3 aromatic rings. The maximum absolute atomic E-state index is 12.6. The highest BCUT2D eigenvalue weighted by molar-refractivity contribution is 5.87. The standard InChI is InChI=1S/C19H21F3N6O/c1-3-27(4-2)17-15-10-26-28(18(15)25-12-24-17)11-16(29)23-9-13-5-7-14(8-6-13)19(20,21)22/h5-8,10,12H,3-4,9,11H2,1-2H3,(H,23,29). The van der Waals surface area contributed by atoms with E-state index in [2.05, 4.69) is 25.3 Å². The Morgan fingerprint density at radius 3 is 2.45 bits per heavy atom. The molecule has 154 valence electrons. The van der Waals surface area contributed by atoms with E-state index >= 15 is 0 Å². The van der Waals surface area contributed by atoms with Gasteiger partial charge in [-0.05, 0) is 31.5 Å². The molecular formula is C19H21F3N6O. The van der Waals surface area contributed by atoms with E-state index in [0.717, 1.165) is 36.4 Å². The predicted molar refractivity (Wildman–Crippen MR) is 102 cm³/mol. The molecule has 10 heteroatoms. The first-order valence-electron chi connectivity index (χ1n) is 9.17. The van der Waals surface area contributed by atoms with Gasteiger partial charge in [0, 0.05) is 19.6 Å². The van der Waals surface area contributed by atoms with Crippen LogP contribution in [0.25, 0.3) is 11.0 Å². The topological polar surface area (TPSA) is 75.9 Å². The second-order valence-corrected chi connectivity index (χ2v) is 6.38. The van der Waals surface area contributed by atoms with Crippen LogP contribution in [0.1, 0.15) is 25.0 Å². The number of nitrogens with zero attached hydrogens (tertiary/aromatic N) is 5. The van der Waals surface area contributed by atoms with E-state index in [1.165, 1.54) is 23.1 Å². The monoisotopic (exact) mass is 406 g/mol. The van der Waals surface area contributed by atoms with Crippen LogP contribution in [0, 0.1) is 0 Å². The summed E-state index contributed by atoms with van der Waals surface area (Å²) in [5, 5.41) is 7.68. The SMILES string of the molecule is CCN(CC)c1ncnc2c1cnn2CC(=O)NCc1ccc(C(F)(F)F)cc1. The molecule has 0 atom stereocenters. The molecule has 29 heavy (non-hydrogen) atoms. The number of rotatable bonds is 7. The fraction of sp³-hybridized carbons (Fsp3) is 0.368. The average molecular weight is 406 g/mol. The van der Waals surface area contributed by atoms with Crippen LogP contribution in [0.2, 0.25) is 0 Å². The Balaban J connectivity index is 1.67. The number of halogens is 3. The second-order valence-electron chi connectivity index (χ2n) is 6.38. The quantitative estimate of drug-likeness (QED) is 0.653. The highest BCUT2D eigenvalue weighted by Crippen LogP contribution is 2.29. The molecule has 0 saturated heterocycles. The Kier molecular flexibility index (Phi) is 6.00. The first-order valence-corrected chi connectivity index (χ1v) is 9.17. The highest BCUT2D eigenvalue weighted by Gasteiger charge is 2.29. The summed E-state index contributed by atoms with van der Waals surface area (Å²) >= 11 is 0. The van der Waals surface area contributed by atoms with Crippen LogP contribution in [-0.2, 0) is 24.1 Å². The van der Waals surface area contributed by atoms with Gasteiger partial charge in [-0.15, -0.1) is 0 Å². The van der Waals surface area contributed by atoms with Gasteiger partial charge in [-0.3, -0.25) is 4.79 Å². The maximum Gasteiger partial charge on any atom is 0.416 e. The summed E-state index contributed by atoms with van der Waals surface area (Å²) in [4.78, 5) is 22.9. The van der Waals surface area contributed by atoms with Crippen molar-refractivity contribution in [2.24, 2.45) is 0 Å². The van der Waals surface area contributed by atoms with Crippen LogP contribution in [-0.4, -0.2) is 38.7 Å². The van der Waals surface area contributed by atoms with Crippen LogP contribution in [0.15, 0.2) is 36.8 Å². The van der Waals surface area contributed by atoms with Crippen LogP contribution < -0.4 is 10.2 Å². The van der Waals surface area contributed by atoms with Crippen molar-refractivity contribution in [2.75, 3.05) is 18.0 Å². The lowest BCUT2D eigenvalue weighted by Crippen LogP contribution is -2.27. The van der Waals surface area contributed by atoms with Gasteiger partial charge in [0.15, 0.2) is 5.65 Å². The number of fused-ring (bicyclic) bond motifs is 1. The first-order chi connectivity index (χ1) is 13.8. The number of hydrogen-bond donors (Lipinski definition) is 1. The Morgan fingerprint density at radius 1 is 1.14 bits per heavy atom. The molecule has 2 aromatic heterocycles. The summed E-state index contributed by atoms with van der Waals surface area (Å²) in [5.74, 6) is 0.439. The van der Waals surface area contributed by atoms with Crippen molar-refractivity contribution in [2.45, 2.75) is 33.1 Å². The number of benzene rings is 1. The molecule has 3 rings (SSSR count). The molecule has 0 radical (unpaired) electrons. The molecule has 1 aromatic carbocycles. The van der Waals surface area contributed by atoms with Gasteiger partial charge in [0.25, 0.3) is 0 Å². The maximum atomic E-state index is 12.6. The number of aromatic nitrogens is 4. The smallest absolute Gasteiger partial charge is 0.356 e. The van der Waals surface area contributed by atoms with Crippen molar-refractivity contribution in [3.8, 4) is 0 Å². The van der Waals surface area contributed by atoms with E-state index in [1.54, 1.807) is 6.20 Å². The summed E-state index contributed by atoms with van der Waals surface area (Å²) in [6, 6.07) is 4.67. The van der Waals surface area contributed by atoms with E-state index in [1.807, 2.05) is 13.8 Å². The highest BCUT2D eigenvalue weighted by atomic mass is 19.4. The third-order valence-electron chi connectivity index (χ3n) is 4.54. The molecular weight excluding hydrogens is 385 g/mol. The van der Waals surface area contributed by atoms with Crippen molar-refractivity contribution >= 4 is 22.8 Å². The number of carbonyl (C=O) groups excluding carboxylic acids is 1. The number of anilines is 1. The van der Waals surface area contributed by atoms with Crippen molar-refractivity contribution in [3.05, 3.63) is 47.9 Å². The van der Waals surface area contributed by atoms with Gasteiger partial charge >= 0.3 is 6.18 Å². The molecule has 2 heterocycles. The average Bonchev–Trinajstić information content (AvgIpc) is 3.10. The van der Waals surface area contributed by atoms with Gasteiger partial charge in [0.2, 0.25) is 5.91 Å². The van der Waals surface area contributed by atoms with Gasteiger partial charge in [-0.1, -0.05) is 12.1 Å². The van der Waals surface area contributed by atoms with E-state index in [0.29, 0.717) is 11.2 Å². The second kappa shape index (κ2) is 8.46. The van der Waals surface area contributed by atoms with Gasteiger partial charge < -0.3 is 10.2 Å². The first kappa shape index (κ1) is 20.6. The minimum Gasteiger partial charge on any atom is -0.356 e. The molecule has 1 amide bonds. The van der Waals surface area contributed by atoms with Gasteiger partial charge in [-0.2, -0.15) is 18.3 Å². The van der Waals surface area contributed by atoms with E-state index in [-0.39, 0.29) is 19.0 Å². The number of hydrogen-bond acceptors (Lipinski definition) is 5. The third kappa shape index (κ3) is 4.64. The number of carbonyl (C=O) groups is 1. The van der Waals surface area contributed by atoms with Crippen molar-refractivity contribution < 1.29 is 18.0 Å². The summed E-state index contributed by atoms with van der Waals surface area (Å²) in [5.41, 5.74) is 0.397. The fourth-order valence-electron chi connectivity index (χ4n) is 2.98. The Bertz CT molecular complexity index is 980. The van der Waals surface area contributed by atoms with Gasteiger partial charge in [0.05, 0.1) is 17.1 Å². The minimum absolute atomic E-state index is 0.0567. The van der Waals surface area contributed by atoms with E-state index < -0.39 is 11.7 Å². The zero-order valence-corrected chi connectivity index (χ0v) is 16.1. The molecule has 0 spiro atoms. The number of nitrogens with one attached hydrogen (secondary N) is 1. The predicted octanol–water partition coefficient (Wildman–Crippen LogP) is 3.01. The Morgan fingerprint density at radius 2 is 1.83 bits per heavy atom. The van der Waals surface area contributed by atoms with E-state index in [9.17, 15) is 18.0 Å². The summed E-state index contributed by atoms with van der Waals surface area (Å²) < 4.78 is 39.3. The molecule has 1 N–H and O–H groups in total. The molecule has 0 bridgehead atoms. The van der Waals surface area contributed by atoms with Crippen LogP contribution >= 0.6 is 0 Å². The lowest BCUT2D eigenvalue weighted by atomic mass is 10.1. The zero-order chi connectivity index (χ0) is 21.0. The molecule has 0 aliphatic heterocycles. The van der Waals surface area contributed by atoms with Crippen LogP contribution in [0.3, 0.4) is 0 Å². The van der Waals surface area contributed by atoms with Gasteiger partial charge in [-0.25, -0.2) is 14.6 Å². The zero-order valence-electron chi connectivity index (χ0n) is 16.1. The number of alkyl halides is 3. The molecule has 0 aliphatic rings. The van der Waals surface area contributed by atoms with Crippen molar-refractivity contribution in [1.29, 1.82) is 0 Å². The largest absolute Gasteiger partial charge is 0.416 e. The van der Waals surface area contributed by atoms with Crippen LogP contribution in [0.4, 0.5) is 19.0 Å². The van der Waals surface area contributed by atoms with Gasteiger partial charge in [0.1, 0.15) is 18.7 Å². The number of amides is 1.